The highest BCUT2D eigenvalue weighted by Gasteiger charge is 2.25. The van der Waals surface area contributed by atoms with E-state index < -0.39 is 0 Å². The predicted octanol–water partition coefficient (Wildman–Crippen LogP) is 1.29. The van der Waals surface area contributed by atoms with Crippen molar-refractivity contribution in [2.75, 3.05) is 19.8 Å². The molecule has 1 fully saturated rings. The van der Waals surface area contributed by atoms with Crippen LogP contribution in [0.1, 0.15) is 40.0 Å². The fourth-order valence-corrected chi connectivity index (χ4v) is 2.18. The highest BCUT2D eigenvalue weighted by molar-refractivity contribution is 5.79. The maximum atomic E-state index is 12.1. The Labute approximate surface area is 104 Å². The lowest BCUT2D eigenvalue weighted by Gasteiger charge is -2.28. The Morgan fingerprint density at radius 1 is 1.41 bits per heavy atom. The summed E-state index contributed by atoms with van der Waals surface area (Å²) < 4.78 is 5.27. The Bertz CT molecular complexity index is 242. The number of amides is 1. The molecule has 1 amide bonds. The van der Waals surface area contributed by atoms with Crippen LogP contribution < -0.4 is 11.1 Å². The van der Waals surface area contributed by atoms with Gasteiger partial charge in [0, 0.05) is 25.8 Å². The number of hydrogen-bond acceptors (Lipinski definition) is 3. The Kier molecular flexibility index (Phi) is 5.40. The summed E-state index contributed by atoms with van der Waals surface area (Å²) in [7, 11) is 0. The first kappa shape index (κ1) is 14.5. The van der Waals surface area contributed by atoms with Crippen molar-refractivity contribution in [3.8, 4) is 0 Å². The molecule has 4 nitrogen and oxygen atoms in total. The van der Waals surface area contributed by atoms with Gasteiger partial charge < -0.3 is 15.8 Å². The second-order valence-electron chi connectivity index (χ2n) is 6.09. The molecule has 1 unspecified atom stereocenters. The van der Waals surface area contributed by atoms with E-state index in [2.05, 4.69) is 26.1 Å². The van der Waals surface area contributed by atoms with Gasteiger partial charge in [-0.2, -0.15) is 0 Å². The summed E-state index contributed by atoms with van der Waals surface area (Å²) in [5.41, 5.74) is 5.84. The third-order valence-electron chi connectivity index (χ3n) is 3.08. The Balaban J connectivity index is 2.42. The van der Waals surface area contributed by atoms with Crippen molar-refractivity contribution in [3.05, 3.63) is 0 Å². The van der Waals surface area contributed by atoms with Crippen molar-refractivity contribution < 1.29 is 9.53 Å². The average Bonchev–Trinajstić information content (AvgIpc) is 2.26. The summed E-state index contributed by atoms with van der Waals surface area (Å²) in [6.07, 6.45) is 2.66. The summed E-state index contributed by atoms with van der Waals surface area (Å²) in [6, 6.07) is 0.269. The summed E-state index contributed by atoms with van der Waals surface area (Å²) in [5.74, 6) is 0.0344. The number of ether oxygens (including phenoxy) is 1. The van der Waals surface area contributed by atoms with Gasteiger partial charge in [0.15, 0.2) is 0 Å². The summed E-state index contributed by atoms with van der Waals surface area (Å²) in [4.78, 5) is 12.1. The molecule has 1 saturated heterocycles. The van der Waals surface area contributed by atoms with Crippen LogP contribution in [0.3, 0.4) is 0 Å². The van der Waals surface area contributed by atoms with E-state index in [1.807, 2.05) is 0 Å². The Morgan fingerprint density at radius 2 is 2.00 bits per heavy atom. The van der Waals surface area contributed by atoms with Crippen LogP contribution in [0, 0.1) is 11.3 Å². The third kappa shape index (κ3) is 5.50. The maximum absolute atomic E-state index is 12.1. The van der Waals surface area contributed by atoms with Crippen molar-refractivity contribution in [1.82, 2.24) is 5.32 Å². The largest absolute Gasteiger partial charge is 0.381 e. The number of hydrogen-bond donors (Lipinski definition) is 2. The lowest BCUT2D eigenvalue weighted by molar-refractivity contribution is -0.126. The first-order chi connectivity index (χ1) is 7.92. The van der Waals surface area contributed by atoms with Gasteiger partial charge in [-0.15, -0.1) is 0 Å². The monoisotopic (exact) mass is 242 g/mol. The standard InChI is InChI=1S/C13H26N2O2/c1-13(2,3)8-10(9-14)12(16)15-11-4-6-17-7-5-11/h10-11H,4-9,14H2,1-3H3,(H,15,16). The van der Waals surface area contributed by atoms with Crippen LogP contribution in [0.5, 0.6) is 0 Å². The van der Waals surface area contributed by atoms with Gasteiger partial charge in [-0.1, -0.05) is 20.8 Å². The van der Waals surface area contributed by atoms with E-state index in [9.17, 15) is 4.79 Å². The van der Waals surface area contributed by atoms with E-state index in [1.54, 1.807) is 0 Å². The first-order valence-corrected chi connectivity index (χ1v) is 6.50. The van der Waals surface area contributed by atoms with Crippen LogP contribution in [0.25, 0.3) is 0 Å². The number of carbonyl (C=O) groups is 1. The van der Waals surface area contributed by atoms with Gasteiger partial charge in [-0.3, -0.25) is 4.79 Å². The molecule has 1 heterocycles. The van der Waals surface area contributed by atoms with Crippen LogP contribution in [0.2, 0.25) is 0 Å². The molecule has 0 saturated carbocycles. The molecular formula is C13H26N2O2. The quantitative estimate of drug-likeness (QED) is 0.781. The van der Waals surface area contributed by atoms with Gasteiger partial charge in [0.1, 0.15) is 0 Å². The van der Waals surface area contributed by atoms with Crippen LogP contribution in [-0.2, 0) is 9.53 Å². The SMILES string of the molecule is CC(C)(C)CC(CN)C(=O)NC1CCOCC1. The van der Waals surface area contributed by atoms with Crippen LogP contribution in [0.15, 0.2) is 0 Å². The van der Waals surface area contributed by atoms with Gasteiger partial charge >= 0.3 is 0 Å². The van der Waals surface area contributed by atoms with E-state index in [0.29, 0.717) is 6.54 Å². The summed E-state index contributed by atoms with van der Waals surface area (Å²) in [5, 5.41) is 3.09. The normalized spacial score (nSPS) is 20.0. The molecule has 0 bridgehead atoms. The van der Waals surface area contributed by atoms with E-state index in [1.165, 1.54) is 0 Å². The third-order valence-corrected chi connectivity index (χ3v) is 3.08. The zero-order valence-corrected chi connectivity index (χ0v) is 11.3. The molecule has 0 spiro atoms. The minimum absolute atomic E-state index is 0.0714. The highest BCUT2D eigenvalue weighted by Crippen LogP contribution is 2.24. The minimum Gasteiger partial charge on any atom is -0.381 e. The molecule has 1 aliphatic heterocycles. The zero-order valence-electron chi connectivity index (χ0n) is 11.3. The number of nitrogens with two attached hydrogens (primary N) is 1. The molecule has 1 rings (SSSR count). The van der Waals surface area contributed by atoms with Crippen molar-refractivity contribution >= 4 is 5.91 Å². The molecule has 0 aromatic carbocycles. The van der Waals surface area contributed by atoms with E-state index >= 15 is 0 Å². The fraction of sp³-hybridized carbons (Fsp3) is 0.923. The molecule has 0 aromatic rings. The summed E-state index contributed by atoms with van der Waals surface area (Å²) in [6.45, 7) is 8.33. The minimum atomic E-state index is -0.0714. The van der Waals surface area contributed by atoms with Crippen LogP contribution in [-0.4, -0.2) is 31.7 Å². The number of rotatable bonds is 4. The van der Waals surface area contributed by atoms with Gasteiger partial charge in [0.2, 0.25) is 5.91 Å². The van der Waals surface area contributed by atoms with Crippen molar-refractivity contribution in [1.29, 1.82) is 0 Å². The fourth-order valence-electron chi connectivity index (χ4n) is 2.18. The second-order valence-corrected chi connectivity index (χ2v) is 6.09. The average molecular weight is 242 g/mol. The van der Waals surface area contributed by atoms with Gasteiger partial charge in [-0.05, 0) is 24.7 Å². The second kappa shape index (κ2) is 6.36. The van der Waals surface area contributed by atoms with E-state index in [0.717, 1.165) is 32.5 Å². The topological polar surface area (TPSA) is 64.4 Å². The van der Waals surface area contributed by atoms with Crippen molar-refractivity contribution in [2.24, 2.45) is 17.1 Å². The molecule has 17 heavy (non-hydrogen) atoms. The molecule has 1 atom stereocenters. The molecule has 0 aromatic heterocycles. The van der Waals surface area contributed by atoms with Gasteiger partial charge in [0.25, 0.3) is 0 Å². The lowest BCUT2D eigenvalue weighted by Crippen LogP contribution is -2.44. The van der Waals surface area contributed by atoms with Crippen molar-refractivity contribution in [3.63, 3.8) is 0 Å². The highest BCUT2D eigenvalue weighted by atomic mass is 16.5. The molecule has 100 valence electrons. The molecule has 0 aliphatic carbocycles. The first-order valence-electron chi connectivity index (χ1n) is 6.50. The Morgan fingerprint density at radius 3 is 2.47 bits per heavy atom. The molecule has 1 aliphatic rings. The van der Waals surface area contributed by atoms with Crippen molar-refractivity contribution in [2.45, 2.75) is 46.1 Å². The van der Waals surface area contributed by atoms with Crippen LogP contribution >= 0.6 is 0 Å². The van der Waals surface area contributed by atoms with Gasteiger partial charge in [0.05, 0.1) is 5.92 Å². The smallest absolute Gasteiger partial charge is 0.224 e. The molecule has 3 N–H and O–H groups in total. The Hall–Kier alpha value is -0.610. The molecular weight excluding hydrogens is 216 g/mol. The van der Waals surface area contributed by atoms with E-state index in [4.69, 9.17) is 10.5 Å². The number of carbonyl (C=O) groups excluding carboxylic acids is 1. The van der Waals surface area contributed by atoms with E-state index in [-0.39, 0.29) is 23.3 Å². The molecule has 0 radical (unpaired) electrons. The van der Waals surface area contributed by atoms with Gasteiger partial charge in [-0.25, -0.2) is 0 Å². The maximum Gasteiger partial charge on any atom is 0.224 e. The lowest BCUT2D eigenvalue weighted by atomic mass is 9.84. The van der Waals surface area contributed by atoms with Crippen LogP contribution in [0.4, 0.5) is 0 Å². The molecule has 4 heteroatoms. The summed E-state index contributed by atoms with van der Waals surface area (Å²) >= 11 is 0. The number of nitrogens with one attached hydrogen (secondary N) is 1. The zero-order chi connectivity index (χ0) is 12.9. The predicted molar refractivity (Wildman–Crippen MR) is 68.6 cm³/mol.